The molecule has 0 amide bonds. The van der Waals surface area contributed by atoms with E-state index < -0.39 is 33.3 Å². The van der Waals surface area contributed by atoms with Crippen LogP contribution in [-0.2, 0) is 52.4 Å². The van der Waals surface area contributed by atoms with E-state index >= 15 is 0 Å². The van der Waals surface area contributed by atoms with Crippen molar-refractivity contribution in [2.45, 2.75) is 52.7 Å². The molecule has 3 aromatic carbocycles. The van der Waals surface area contributed by atoms with E-state index in [1.165, 1.54) is 0 Å². The number of carboxylic acids is 1. The zero-order valence-electron chi connectivity index (χ0n) is 54.7. The third-order valence-electron chi connectivity index (χ3n) is 13.6. The highest BCUT2D eigenvalue weighted by atomic mass is 35.5. The Bertz CT molecular complexity index is 3700. The first-order valence-corrected chi connectivity index (χ1v) is 34.4. The first-order chi connectivity index (χ1) is 45.9. The molecule has 3 aliphatic heterocycles. The molecule has 0 spiro atoms. The number of benzene rings is 3. The zero-order chi connectivity index (χ0) is 71.0. The molecule has 6 aromatic rings. The van der Waals surface area contributed by atoms with Gasteiger partial charge in [0.1, 0.15) is 48.1 Å². The number of carbonyl (C=O) groups is 3. The number of piperazine rings is 3. The quantitative estimate of drug-likeness (QED) is 0.0267. The van der Waals surface area contributed by atoms with E-state index in [1.807, 2.05) is 35.5 Å². The summed E-state index contributed by atoms with van der Waals surface area (Å²) in [5.74, 6) is 0.439. The summed E-state index contributed by atoms with van der Waals surface area (Å²) in [6.45, 7) is 21.8. The van der Waals surface area contributed by atoms with Crippen molar-refractivity contribution in [3.05, 3.63) is 84.7 Å². The second kappa shape index (κ2) is 38.0. The third-order valence-corrected chi connectivity index (χ3v) is 16.6. The molecule has 97 heavy (non-hydrogen) atoms. The van der Waals surface area contributed by atoms with Crippen molar-refractivity contribution in [2.75, 3.05) is 176 Å². The molecule has 3 fully saturated rings. The van der Waals surface area contributed by atoms with E-state index in [0.29, 0.717) is 120 Å². The van der Waals surface area contributed by atoms with Gasteiger partial charge in [-0.05, 0) is 59.7 Å². The topological polar surface area (TPSA) is 383 Å². The first-order valence-electron chi connectivity index (χ1n) is 30.3. The van der Waals surface area contributed by atoms with Gasteiger partial charge in [0.05, 0.1) is 62.8 Å². The van der Waals surface area contributed by atoms with Gasteiger partial charge < -0.3 is 66.0 Å². The smallest absolute Gasteiger partial charge is 0.332 e. The Morgan fingerprint density at radius 2 is 0.825 bits per heavy atom. The first kappa shape index (κ1) is 79.3. The van der Waals surface area contributed by atoms with Gasteiger partial charge >= 0.3 is 17.9 Å². The lowest BCUT2D eigenvalue weighted by atomic mass is 10.1. The molecule has 3 saturated heterocycles. The number of aromatic nitrogens is 9. The summed E-state index contributed by atoms with van der Waals surface area (Å²) in [6, 6.07) is 15.7. The lowest BCUT2D eigenvalue weighted by molar-refractivity contribution is -0.161. The second-order valence-electron chi connectivity index (χ2n) is 23.5. The van der Waals surface area contributed by atoms with Gasteiger partial charge in [-0.25, -0.2) is 14.4 Å². The molecule has 0 aliphatic carbocycles. The van der Waals surface area contributed by atoms with Crippen molar-refractivity contribution >= 4 is 133 Å². The maximum absolute atomic E-state index is 11.7. The van der Waals surface area contributed by atoms with E-state index in [-0.39, 0.29) is 50.6 Å². The molecule has 6 heterocycles. The Morgan fingerprint density at radius 3 is 1.14 bits per heavy atom. The summed E-state index contributed by atoms with van der Waals surface area (Å²) in [5.41, 5.74) is 20.3. The fourth-order valence-corrected chi connectivity index (χ4v) is 10.6. The van der Waals surface area contributed by atoms with Crippen LogP contribution in [0.25, 0.3) is 33.8 Å². The fourth-order valence-electron chi connectivity index (χ4n) is 9.08. The molecule has 0 radical (unpaired) electrons. The number of hydrogen-bond acceptors (Lipinski definition) is 29. The number of rotatable bonds is 22. The van der Waals surface area contributed by atoms with Crippen LogP contribution in [0, 0.1) is 0 Å². The number of ether oxygens (including phenoxy) is 5. The molecular weight excluding hydrogens is 1410 g/mol. The summed E-state index contributed by atoms with van der Waals surface area (Å²) in [5, 5.41) is 39.5. The van der Waals surface area contributed by atoms with Gasteiger partial charge in [0.2, 0.25) is 17.8 Å². The lowest BCUT2D eigenvalue weighted by Crippen LogP contribution is -2.48. The van der Waals surface area contributed by atoms with Crippen LogP contribution in [0.2, 0.25) is 30.1 Å². The van der Waals surface area contributed by atoms with Gasteiger partial charge in [-0.1, -0.05) is 106 Å². The highest BCUT2D eigenvalue weighted by molar-refractivity contribution is 7.86. The molecule has 0 bridgehead atoms. The van der Waals surface area contributed by atoms with Crippen molar-refractivity contribution in [2.24, 2.45) is 0 Å². The van der Waals surface area contributed by atoms with E-state index in [2.05, 4.69) is 64.8 Å². The number of halogens is 6. The minimum Gasteiger partial charge on any atom is -0.480 e. The molecule has 3 aromatic heterocycles. The van der Waals surface area contributed by atoms with Gasteiger partial charge in [-0.15, -0.1) is 30.6 Å². The Morgan fingerprint density at radius 1 is 0.495 bits per heavy atom. The van der Waals surface area contributed by atoms with Crippen LogP contribution in [0.5, 0.6) is 0 Å². The number of nitrogens with two attached hydrogens (primary N) is 3. The Kier molecular flexibility index (Phi) is 31.1. The van der Waals surface area contributed by atoms with Gasteiger partial charge in [-0.3, -0.25) is 14.0 Å². The predicted molar refractivity (Wildman–Crippen MR) is 374 cm³/mol. The Hall–Kier alpha value is -6.69. The minimum atomic E-state index is -3.45. The third kappa shape index (κ3) is 26.8. The minimum absolute atomic E-state index is 0.0202. The van der Waals surface area contributed by atoms with Crippen molar-refractivity contribution in [1.29, 1.82) is 0 Å². The fraction of sp³-hybridized carbons (Fsp3) is 0.500. The number of carboxylic acid groups (broad SMARTS) is 1. The van der Waals surface area contributed by atoms with E-state index in [0.717, 1.165) is 78.2 Å². The molecule has 30 nitrogen and oxygen atoms in total. The van der Waals surface area contributed by atoms with Crippen molar-refractivity contribution in [3.63, 3.8) is 0 Å². The highest BCUT2D eigenvalue weighted by Crippen LogP contribution is 2.37. The van der Waals surface area contributed by atoms with E-state index in [4.69, 9.17) is 116 Å². The number of nitrogens with zero attached hydrogens (tertiary/aromatic N) is 14. The predicted octanol–water partition coefficient (Wildman–Crippen LogP) is 6.72. The Balaban J connectivity index is 0.000000211. The molecule has 530 valence electrons. The number of hydrogen-bond donors (Lipinski definition) is 5. The maximum atomic E-state index is 11.7. The molecule has 9 rings (SSSR count). The average molecular weight is 1490 g/mol. The SMILES string of the molecule is CC(C)(C)OC(=O)COCCN1CCN(c2nnc(-c3cccc(Cl)c3Cl)c(N)n2)CC1.CC(C)(C)OC(=O)COCCOS(C)(=O)=O.Nc1nc(N2CCN(CCOCC(=O)O)CC2)nnc1-c1cccc(Cl)c1Cl.Nc1nc(N2CCNCC2)nnc1-c1cccc(Cl)c1Cl. The van der Waals surface area contributed by atoms with Crippen molar-refractivity contribution in [3.8, 4) is 33.8 Å². The second-order valence-corrected chi connectivity index (χ2v) is 27.5. The van der Waals surface area contributed by atoms with Crippen molar-refractivity contribution in [1.82, 2.24) is 60.7 Å². The van der Waals surface area contributed by atoms with Crippen LogP contribution in [0.3, 0.4) is 0 Å². The van der Waals surface area contributed by atoms with Crippen LogP contribution in [-0.4, -0.2) is 242 Å². The lowest BCUT2D eigenvalue weighted by Gasteiger charge is -2.34. The average Bonchev–Trinajstić information content (AvgIpc) is 0.820. The van der Waals surface area contributed by atoms with Crippen LogP contribution < -0.4 is 37.2 Å². The van der Waals surface area contributed by atoms with E-state index in [1.54, 1.807) is 75.4 Å². The molecule has 0 atom stereocenters. The largest absolute Gasteiger partial charge is 0.480 e. The van der Waals surface area contributed by atoms with Gasteiger partial charge in [-0.2, -0.15) is 23.4 Å². The molecular formula is C60H80Cl6N18O12S. The summed E-state index contributed by atoms with van der Waals surface area (Å²) in [6.07, 6.45) is 0.945. The Labute approximate surface area is 593 Å². The number of nitrogen functional groups attached to an aromatic ring is 3. The van der Waals surface area contributed by atoms with Crippen LogP contribution in [0.15, 0.2) is 54.6 Å². The number of nitrogens with one attached hydrogen (secondary N) is 1. The molecule has 3 aliphatic rings. The van der Waals surface area contributed by atoms with Crippen LogP contribution >= 0.6 is 69.6 Å². The van der Waals surface area contributed by atoms with Crippen LogP contribution in [0.4, 0.5) is 35.3 Å². The summed E-state index contributed by atoms with van der Waals surface area (Å²) < 4.78 is 51.1. The van der Waals surface area contributed by atoms with E-state index in [9.17, 15) is 22.8 Å². The van der Waals surface area contributed by atoms with Crippen LogP contribution in [0.1, 0.15) is 41.5 Å². The molecule has 8 N–H and O–H groups in total. The number of carbonyl (C=O) groups excluding carboxylic acids is 2. The standard InChI is InChI=1S/C21H28Cl2N6O3.C17H20Cl2N6O3.C13H14Cl2N6.C9H18O6S/c1-21(2,3)32-16(30)13-31-12-11-28-7-9-29(10-8-28)20-25-19(24)18(26-27-20)14-5-4-6-15(22)17(14)23;18-12-3-1-2-11(14(12)19)15-16(20)21-17(23-22-15)25-6-4-24(5-7-25)8-9-28-10-13(26)27;14-9-3-1-2-8(10(9)15)11-12(16)18-13(20-19-11)21-6-4-17-5-7-21;1-9(2,3)15-8(10)7-13-5-6-14-16(4,11)12/h4-6H,7-13H2,1-3H3,(H2,24,25,27);1-3H,4-10H2,(H,26,27)(H2,20,21,23);1-3,17H,4-7H2,(H2,16,18,20);5-7H2,1-4H3. The monoisotopic (exact) mass is 1490 g/mol. The van der Waals surface area contributed by atoms with Gasteiger partial charge in [0, 0.05) is 108 Å². The van der Waals surface area contributed by atoms with Gasteiger partial charge in [0.15, 0.2) is 17.5 Å². The number of anilines is 6. The zero-order valence-corrected chi connectivity index (χ0v) is 60.0. The maximum Gasteiger partial charge on any atom is 0.332 e. The molecule has 0 unspecified atom stereocenters. The molecule has 0 saturated carbocycles. The summed E-state index contributed by atoms with van der Waals surface area (Å²) in [7, 11) is -3.45. The van der Waals surface area contributed by atoms with Gasteiger partial charge in [0.25, 0.3) is 10.1 Å². The summed E-state index contributed by atoms with van der Waals surface area (Å²) in [4.78, 5) is 56.9. The highest BCUT2D eigenvalue weighted by Gasteiger charge is 2.26. The number of esters is 2. The summed E-state index contributed by atoms with van der Waals surface area (Å²) >= 11 is 36.8. The molecule has 37 heteroatoms. The van der Waals surface area contributed by atoms with Crippen molar-refractivity contribution < 1.29 is 55.8 Å². The normalized spacial score (nSPS) is 14.7. The number of aliphatic carboxylic acids is 1.